The molecule has 0 atom stereocenters. The molecule has 0 saturated heterocycles. The Hall–Kier alpha value is 0.134. The van der Waals surface area contributed by atoms with Crippen molar-refractivity contribution >= 4 is 16.5 Å². The molecular weight excluding hydrogens is 190 g/mol. The Kier molecular flexibility index (Phi) is 4.62. The van der Waals surface area contributed by atoms with Gasteiger partial charge in [-0.25, -0.2) is 0 Å². The monoisotopic (exact) mass is 215 g/mol. The minimum atomic E-state index is -1.12. The summed E-state index contributed by atoms with van der Waals surface area (Å²) in [6.45, 7) is 17.9. The Morgan fingerprint density at radius 1 is 0.923 bits per heavy atom. The van der Waals surface area contributed by atoms with Gasteiger partial charge in [0.1, 0.15) is 16.5 Å². The Bertz CT molecular complexity index is 160. The summed E-state index contributed by atoms with van der Waals surface area (Å²) in [5.41, 5.74) is 0. The first-order valence-corrected chi connectivity index (χ1v) is 12.0. The molecular formula is C10H25NSi2. The van der Waals surface area contributed by atoms with Gasteiger partial charge in [-0.05, 0) is 6.92 Å². The zero-order chi connectivity index (χ0) is 10.7. The third-order valence-corrected chi connectivity index (χ3v) is 9.77. The molecule has 0 heterocycles. The van der Waals surface area contributed by atoms with Gasteiger partial charge >= 0.3 is 0 Å². The minimum absolute atomic E-state index is 1.12. The largest absolute Gasteiger partial charge is 0.343 e. The molecule has 0 amide bonds. The normalized spacial score (nSPS) is 14.5. The van der Waals surface area contributed by atoms with Crippen LogP contribution in [0, 0.1) is 0 Å². The van der Waals surface area contributed by atoms with Gasteiger partial charge in [0, 0.05) is 6.54 Å². The summed E-state index contributed by atoms with van der Waals surface area (Å²) in [5.74, 6) is 0. The molecule has 78 valence electrons. The molecule has 0 saturated carbocycles. The fourth-order valence-electron chi connectivity index (χ4n) is 1.76. The van der Waals surface area contributed by atoms with Crippen LogP contribution in [0.25, 0.3) is 0 Å². The van der Waals surface area contributed by atoms with Gasteiger partial charge in [0.2, 0.25) is 0 Å². The van der Waals surface area contributed by atoms with Gasteiger partial charge in [-0.2, -0.15) is 0 Å². The lowest BCUT2D eigenvalue weighted by Crippen LogP contribution is -2.58. The summed E-state index contributed by atoms with van der Waals surface area (Å²) in [6.07, 6.45) is 4.45. The summed E-state index contributed by atoms with van der Waals surface area (Å²) in [7, 11) is -2.23. The molecule has 0 spiro atoms. The van der Waals surface area contributed by atoms with E-state index in [0.717, 1.165) is 6.54 Å². The third-order valence-electron chi connectivity index (χ3n) is 2.14. The van der Waals surface area contributed by atoms with E-state index < -0.39 is 16.5 Å². The summed E-state index contributed by atoms with van der Waals surface area (Å²) in [4.78, 5) is 0. The zero-order valence-corrected chi connectivity index (χ0v) is 12.3. The molecule has 0 aliphatic carbocycles. The van der Waals surface area contributed by atoms with Gasteiger partial charge in [0.05, 0.1) is 0 Å². The molecule has 0 aromatic carbocycles. The lowest BCUT2D eigenvalue weighted by molar-refractivity contribution is 0.687. The van der Waals surface area contributed by atoms with E-state index in [1.54, 1.807) is 0 Å². The molecule has 0 aliphatic rings. The van der Waals surface area contributed by atoms with E-state index in [2.05, 4.69) is 62.6 Å². The van der Waals surface area contributed by atoms with Crippen LogP contribution in [0.5, 0.6) is 0 Å². The minimum Gasteiger partial charge on any atom is -0.343 e. The smallest absolute Gasteiger partial charge is 0.112 e. The van der Waals surface area contributed by atoms with Crippen molar-refractivity contribution in [3.63, 3.8) is 0 Å². The number of nitrogens with zero attached hydrogens (tertiary/aromatic N) is 1. The lowest BCUT2D eigenvalue weighted by Gasteiger charge is -2.42. The fraction of sp³-hybridized carbons (Fsp3) is 0.800. The Balaban J connectivity index is 4.57. The maximum atomic E-state index is 2.78. The van der Waals surface area contributed by atoms with E-state index in [0.29, 0.717) is 0 Å². The lowest BCUT2D eigenvalue weighted by atomic mass is 10.5. The molecule has 0 bridgehead atoms. The van der Waals surface area contributed by atoms with E-state index in [-0.39, 0.29) is 0 Å². The predicted molar refractivity (Wildman–Crippen MR) is 68.2 cm³/mol. The zero-order valence-electron chi connectivity index (χ0n) is 10.3. The molecule has 0 fully saturated rings. The molecule has 0 aromatic rings. The van der Waals surface area contributed by atoms with Crippen molar-refractivity contribution in [2.24, 2.45) is 0 Å². The fourth-order valence-corrected chi connectivity index (χ4v) is 11.1. The number of allylic oxidation sites excluding steroid dienone is 1. The van der Waals surface area contributed by atoms with Gasteiger partial charge in [-0.1, -0.05) is 51.4 Å². The Morgan fingerprint density at radius 2 is 1.31 bits per heavy atom. The van der Waals surface area contributed by atoms with E-state index in [9.17, 15) is 0 Å². The highest BCUT2D eigenvalue weighted by Crippen LogP contribution is 2.19. The maximum Gasteiger partial charge on any atom is 0.112 e. The van der Waals surface area contributed by atoms with Crippen LogP contribution in [0.3, 0.4) is 0 Å². The second-order valence-electron chi connectivity index (χ2n) is 5.52. The first-order chi connectivity index (χ1) is 5.69. The Morgan fingerprint density at radius 3 is 1.54 bits per heavy atom. The SMILES string of the molecule is C/C=C/CN([Si](C)(C)C)[Si](C)(C)C. The number of rotatable bonds is 4. The first kappa shape index (κ1) is 13.1. The van der Waals surface area contributed by atoms with Crippen molar-refractivity contribution in [3.05, 3.63) is 12.2 Å². The Labute approximate surface area is 86.0 Å². The number of hydrogen-bond acceptors (Lipinski definition) is 1. The van der Waals surface area contributed by atoms with Gasteiger partial charge < -0.3 is 4.23 Å². The summed E-state index contributed by atoms with van der Waals surface area (Å²) in [5, 5.41) is 0. The van der Waals surface area contributed by atoms with Gasteiger partial charge in [0.25, 0.3) is 0 Å². The summed E-state index contributed by atoms with van der Waals surface area (Å²) < 4.78 is 2.78. The van der Waals surface area contributed by atoms with Crippen molar-refractivity contribution in [1.29, 1.82) is 0 Å². The van der Waals surface area contributed by atoms with Gasteiger partial charge in [-0.3, -0.25) is 0 Å². The molecule has 13 heavy (non-hydrogen) atoms. The van der Waals surface area contributed by atoms with Crippen molar-refractivity contribution in [2.45, 2.75) is 46.2 Å². The third kappa shape index (κ3) is 4.79. The molecule has 0 aromatic heterocycles. The van der Waals surface area contributed by atoms with E-state index in [1.165, 1.54) is 0 Å². The number of hydrogen-bond donors (Lipinski definition) is 0. The van der Waals surface area contributed by atoms with E-state index in [4.69, 9.17) is 0 Å². The maximum absolute atomic E-state index is 2.78. The average Bonchev–Trinajstić information content (AvgIpc) is 1.81. The van der Waals surface area contributed by atoms with Crippen LogP contribution < -0.4 is 0 Å². The second-order valence-corrected chi connectivity index (χ2v) is 15.7. The topological polar surface area (TPSA) is 3.24 Å². The van der Waals surface area contributed by atoms with E-state index in [1.807, 2.05) is 0 Å². The molecule has 0 N–H and O–H groups in total. The van der Waals surface area contributed by atoms with Crippen molar-refractivity contribution in [2.75, 3.05) is 6.54 Å². The molecule has 3 heteroatoms. The first-order valence-electron chi connectivity index (χ1n) is 5.08. The summed E-state index contributed by atoms with van der Waals surface area (Å²) >= 11 is 0. The van der Waals surface area contributed by atoms with Gasteiger partial charge in [0.15, 0.2) is 0 Å². The molecule has 0 radical (unpaired) electrons. The highest BCUT2D eigenvalue weighted by molar-refractivity contribution is 6.89. The van der Waals surface area contributed by atoms with Crippen molar-refractivity contribution in [3.8, 4) is 0 Å². The second kappa shape index (κ2) is 4.57. The molecule has 0 aliphatic heterocycles. The molecule has 1 nitrogen and oxygen atoms in total. The molecule has 0 unspecified atom stereocenters. The highest BCUT2D eigenvalue weighted by Gasteiger charge is 2.32. The van der Waals surface area contributed by atoms with Crippen molar-refractivity contribution in [1.82, 2.24) is 4.23 Å². The van der Waals surface area contributed by atoms with Crippen LogP contribution in [-0.2, 0) is 0 Å². The van der Waals surface area contributed by atoms with Crippen LogP contribution in [-0.4, -0.2) is 27.2 Å². The van der Waals surface area contributed by atoms with E-state index >= 15 is 0 Å². The van der Waals surface area contributed by atoms with Crippen molar-refractivity contribution < 1.29 is 0 Å². The quantitative estimate of drug-likeness (QED) is 0.512. The highest BCUT2D eigenvalue weighted by atomic mass is 28.4. The van der Waals surface area contributed by atoms with Crippen LogP contribution in [0.1, 0.15) is 6.92 Å². The predicted octanol–water partition coefficient (Wildman–Crippen LogP) is 3.53. The van der Waals surface area contributed by atoms with Crippen LogP contribution in [0.2, 0.25) is 39.3 Å². The molecule has 0 rings (SSSR count). The van der Waals surface area contributed by atoms with Crippen LogP contribution in [0.15, 0.2) is 12.2 Å². The van der Waals surface area contributed by atoms with Gasteiger partial charge in [-0.15, -0.1) is 0 Å². The van der Waals surface area contributed by atoms with Crippen LogP contribution in [0.4, 0.5) is 0 Å². The average molecular weight is 215 g/mol. The standard InChI is InChI=1S/C10H25NSi2/c1-8-9-10-11(12(2,3)4)13(5,6)7/h8-9H,10H2,1-7H3/b9-8+. The van der Waals surface area contributed by atoms with Crippen LogP contribution >= 0.6 is 0 Å². The summed E-state index contributed by atoms with van der Waals surface area (Å²) in [6, 6.07) is 0.